The lowest BCUT2D eigenvalue weighted by Gasteiger charge is -2.09. The van der Waals surface area contributed by atoms with Gasteiger partial charge in [0.05, 0.1) is 23.7 Å². The zero-order chi connectivity index (χ0) is 17.3. The molecule has 124 valence electrons. The Labute approximate surface area is 150 Å². The largest absolute Gasteiger partial charge is 0.338 e. The molecule has 26 heavy (non-hydrogen) atoms. The third-order valence-corrected chi connectivity index (χ3v) is 4.36. The molecule has 3 heterocycles. The van der Waals surface area contributed by atoms with Crippen LogP contribution in [0.3, 0.4) is 0 Å². The van der Waals surface area contributed by atoms with Gasteiger partial charge < -0.3 is 9.72 Å². The van der Waals surface area contributed by atoms with Crippen molar-refractivity contribution in [1.29, 1.82) is 0 Å². The maximum Gasteiger partial charge on any atom is 0.156 e. The average molecular weight is 337 g/mol. The van der Waals surface area contributed by atoms with Crippen LogP contribution in [0.1, 0.15) is 0 Å². The first-order valence-electron chi connectivity index (χ1n) is 8.37. The van der Waals surface area contributed by atoms with E-state index in [1.807, 2.05) is 40.9 Å². The number of nitrogens with one attached hydrogen (secondary N) is 1. The zero-order valence-corrected chi connectivity index (χ0v) is 13.9. The molecule has 0 atom stereocenters. The molecule has 5 heteroatoms. The number of hydrogen-bond acceptors (Lipinski definition) is 4. The predicted octanol–water partition coefficient (Wildman–Crippen LogP) is 4.69. The molecule has 0 aliphatic heterocycles. The lowest BCUT2D eigenvalue weighted by molar-refractivity contribution is 1.12. The minimum absolute atomic E-state index is 0.767. The quantitative estimate of drug-likeness (QED) is 0.519. The second-order valence-corrected chi connectivity index (χ2v) is 6.06. The Morgan fingerprint density at radius 2 is 1.81 bits per heavy atom. The third-order valence-electron chi connectivity index (χ3n) is 4.36. The van der Waals surface area contributed by atoms with Crippen LogP contribution < -0.4 is 5.32 Å². The highest BCUT2D eigenvalue weighted by molar-refractivity contribution is 5.86. The van der Waals surface area contributed by atoms with Crippen LogP contribution in [0.5, 0.6) is 0 Å². The number of fused-ring (bicyclic) bond motifs is 2. The Hall–Kier alpha value is -3.73. The zero-order valence-electron chi connectivity index (χ0n) is 13.9. The molecule has 3 aromatic heterocycles. The fourth-order valence-corrected chi connectivity index (χ4v) is 3.05. The highest BCUT2D eigenvalue weighted by atomic mass is 15.1. The number of pyridine rings is 1. The predicted molar refractivity (Wildman–Crippen MR) is 103 cm³/mol. The molecule has 0 fully saturated rings. The topological polar surface area (TPSA) is 55.1 Å². The van der Waals surface area contributed by atoms with Gasteiger partial charge in [-0.05, 0) is 18.2 Å². The Balaban J connectivity index is 1.55. The first kappa shape index (κ1) is 14.6. The molecule has 2 aromatic carbocycles. The summed E-state index contributed by atoms with van der Waals surface area (Å²) in [5.74, 6) is 0.767. The van der Waals surface area contributed by atoms with Crippen molar-refractivity contribution in [3.63, 3.8) is 0 Å². The maximum absolute atomic E-state index is 4.82. The average Bonchev–Trinajstić information content (AvgIpc) is 3.18. The van der Waals surface area contributed by atoms with Gasteiger partial charge >= 0.3 is 0 Å². The molecule has 0 saturated carbocycles. The summed E-state index contributed by atoms with van der Waals surface area (Å²) >= 11 is 0. The summed E-state index contributed by atoms with van der Waals surface area (Å²) in [7, 11) is 0. The van der Waals surface area contributed by atoms with Crippen molar-refractivity contribution in [2.75, 3.05) is 5.32 Å². The van der Waals surface area contributed by atoms with E-state index in [1.165, 1.54) is 0 Å². The lowest BCUT2D eigenvalue weighted by Crippen LogP contribution is -1.97. The molecule has 1 N–H and O–H groups in total. The fraction of sp³-hybridized carbons (Fsp3) is 0. The number of rotatable bonds is 3. The van der Waals surface area contributed by atoms with Gasteiger partial charge in [-0.15, -0.1) is 0 Å². The molecular weight excluding hydrogens is 322 g/mol. The van der Waals surface area contributed by atoms with Crippen molar-refractivity contribution in [1.82, 2.24) is 19.4 Å². The normalized spacial score (nSPS) is 11.1. The molecule has 0 bridgehead atoms. The summed E-state index contributed by atoms with van der Waals surface area (Å²) in [5.41, 5.74) is 4.89. The molecule has 0 radical (unpaired) electrons. The molecule has 0 saturated heterocycles. The molecule has 0 spiro atoms. The molecule has 0 aliphatic carbocycles. The summed E-state index contributed by atoms with van der Waals surface area (Å²) in [5, 5.41) is 4.47. The van der Waals surface area contributed by atoms with Crippen LogP contribution in [0, 0.1) is 0 Å². The highest BCUT2D eigenvalue weighted by Crippen LogP contribution is 2.25. The van der Waals surface area contributed by atoms with Gasteiger partial charge in [0.25, 0.3) is 0 Å². The van der Waals surface area contributed by atoms with Crippen LogP contribution in [0.15, 0.2) is 85.6 Å². The smallest absolute Gasteiger partial charge is 0.156 e. The van der Waals surface area contributed by atoms with E-state index >= 15 is 0 Å². The highest BCUT2D eigenvalue weighted by Gasteiger charge is 2.06. The number of hydrogen-bond donors (Lipinski definition) is 1. The van der Waals surface area contributed by atoms with E-state index in [-0.39, 0.29) is 0 Å². The van der Waals surface area contributed by atoms with E-state index < -0.39 is 0 Å². The van der Waals surface area contributed by atoms with Crippen molar-refractivity contribution in [2.24, 2.45) is 0 Å². The van der Waals surface area contributed by atoms with Crippen molar-refractivity contribution in [2.45, 2.75) is 0 Å². The molecule has 0 aliphatic rings. The van der Waals surface area contributed by atoms with Gasteiger partial charge in [0.2, 0.25) is 0 Å². The standard InChI is InChI=1S/C21H15N5/c1-2-4-15(5-3-1)18-9-7-16-6-8-17(12-19(16)25-18)24-21-20-13-22-14-26(20)11-10-23-21/h1-14H,(H,23,24). The van der Waals surface area contributed by atoms with E-state index in [0.717, 1.165) is 39.2 Å². The number of aromatic nitrogens is 4. The fourth-order valence-electron chi connectivity index (χ4n) is 3.05. The second kappa shape index (κ2) is 5.97. The first-order chi connectivity index (χ1) is 12.9. The van der Waals surface area contributed by atoms with Crippen molar-refractivity contribution in [3.05, 3.63) is 85.6 Å². The van der Waals surface area contributed by atoms with E-state index in [4.69, 9.17) is 4.98 Å². The minimum Gasteiger partial charge on any atom is -0.338 e. The van der Waals surface area contributed by atoms with Crippen molar-refractivity contribution in [3.8, 4) is 11.3 Å². The van der Waals surface area contributed by atoms with E-state index in [9.17, 15) is 0 Å². The summed E-state index contributed by atoms with van der Waals surface area (Å²) in [6.45, 7) is 0. The van der Waals surface area contributed by atoms with Gasteiger partial charge in [-0.2, -0.15) is 0 Å². The van der Waals surface area contributed by atoms with Gasteiger partial charge in [0, 0.05) is 29.0 Å². The van der Waals surface area contributed by atoms with E-state index in [2.05, 4.69) is 45.6 Å². The number of nitrogens with zero attached hydrogens (tertiary/aromatic N) is 4. The first-order valence-corrected chi connectivity index (χ1v) is 8.37. The Morgan fingerprint density at radius 3 is 2.73 bits per heavy atom. The summed E-state index contributed by atoms with van der Waals surface area (Å²) in [6, 6.07) is 20.5. The van der Waals surface area contributed by atoms with Crippen molar-refractivity contribution >= 4 is 27.9 Å². The van der Waals surface area contributed by atoms with Crippen LogP contribution in [0.2, 0.25) is 0 Å². The van der Waals surface area contributed by atoms with Crippen LogP contribution in [0.25, 0.3) is 27.7 Å². The summed E-state index contributed by atoms with van der Waals surface area (Å²) in [4.78, 5) is 13.4. The van der Waals surface area contributed by atoms with Gasteiger partial charge in [0.1, 0.15) is 5.52 Å². The molecule has 5 aromatic rings. The van der Waals surface area contributed by atoms with Crippen LogP contribution in [-0.4, -0.2) is 19.4 Å². The number of anilines is 2. The SMILES string of the molecule is c1ccc(-c2ccc3ccc(Nc4nccn5cncc45)cc3n2)cc1. The Bertz CT molecular complexity index is 1210. The third kappa shape index (κ3) is 2.56. The van der Waals surface area contributed by atoms with Crippen LogP contribution in [-0.2, 0) is 0 Å². The summed E-state index contributed by atoms with van der Waals surface area (Å²) < 4.78 is 1.93. The number of benzene rings is 2. The Kier molecular flexibility index (Phi) is 3.35. The molecule has 5 rings (SSSR count). The maximum atomic E-state index is 4.82. The molecular formula is C21H15N5. The number of imidazole rings is 1. The lowest BCUT2D eigenvalue weighted by atomic mass is 10.1. The van der Waals surface area contributed by atoms with E-state index in [1.54, 1.807) is 18.7 Å². The summed E-state index contributed by atoms with van der Waals surface area (Å²) in [6.07, 6.45) is 7.18. The second-order valence-electron chi connectivity index (χ2n) is 6.06. The molecule has 0 amide bonds. The van der Waals surface area contributed by atoms with Gasteiger partial charge in [0.15, 0.2) is 5.82 Å². The van der Waals surface area contributed by atoms with Gasteiger partial charge in [-0.25, -0.2) is 15.0 Å². The van der Waals surface area contributed by atoms with E-state index in [0.29, 0.717) is 0 Å². The molecule has 0 unspecified atom stereocenters. The van der Waals surface area contributed by atoms with Crippen LogP contribution >= 0.6 is 0 Å². The van der Waals surface area contributed by atoms with Crippen LogP contribution in [0.4, 0.5) is 11.5 Å². The Morgan fingerprint density at radius 1 is 0.923 bits per heavy atom. The molecule has 5 nitrogen and oxygen atoms in total. The minimum atomic E-state index is 0.767. The van der Waals surface area contributed by atoms with Gasteiger partial charge in [-0.1, -0.05) is 42.5 Å². The van der Waals surface area contributed by atoms with Crippen molar-refractivity contribution < 1.29 is 0 Å². The van der Waals surface area contributed by atoms with Gasteiger partial charge in [-0.3, -0.25) is 0 Å². The monoisotopic (exact) mass is 337 g/mol.